The molecule has 2 heterocycles. The summed E-state index contributed by atoms with van der Waals surface area (Å²) >= 11 is 0. The number of nitrogens with zero attached hydrogens (tertiary/aromatic N) is 2. The topological polar surface area (TPSA) is 67.3 Å². The van der Waals surface area contributed by atoms with E-state index in [-0.39, 0.29) is 17.1 Å². The normalized spacial score (nSPS) is 16.4. The standard InChI is InChI=1S/C13H10N2O3S/c16-13-11-7-4-8-14-12(11)19(17,18)15(13)9-10-5-2-1-3-6-10/h1-8H,9H2. The van der Waals surface area contributed by atoms with Crippen LogP contribution in [-0.2, 0) is 16.6 Å². The Morgan fingerprint density at radius 1 is 1.05 bits per heavy atom. The van der Waals surface area contributed by atoms with Gasteiger partial charge in [-0.05, 0) is 17.7 Å². The van der Waals surface area contributed by atoms with E-state index in [9.17, 15) is 13.2 Å². The summed E-state index contributed by atoms with van der Waals surface area (Å²) in [5.74, 6) is -0.521. The van der Waals surface area contributed by atoms with E-state index in [0.29, 0.717) is 0 Å². The van der Waals surface area contributed by atoms with Crippen LogP contribution < -0.4 is 0 Å². The minimum Gasteiger partial charge on any atom is -0.268 e. The largest absolute Gasteiger partial charge is 0.285 e. The van der Waals surface area contributed by atoms with E-state index in [2.05, 4.69) is 4.98 Å². The number of benzene rings is 1. The fourth-order valence-electron chi connectivity index (χ4n) is 2.01. The fraction of sp³-hybridized carbons (Fsp3) is 0.0769. The first-order chi connectivity index (χ1) is 9.10. The van der Waals surface area contributed by atoms with Gasteiger partial charge in [-0.15, -0.1) is 0 Å². The molecule has 1 aliphatic rings. The van der Waals surface area contributed by atoms with E-state index in [1.54, 1.807) is 30.3 Å². The highest BCUT2D eigenvalue weighted by molar-refractivity contribution is 7.90. The van der Waals surface area contributed by atoms with Gasteiger partial charge in [-0.3, -0.25) is 4.79 Å². The highest BCUT2D eigenvalue weighted by Gasteiger charge is 2.42. The van der Waals surface area contributed by atoms with Crippen molar-refractivity contribution in [2.24, 2.45) is 0 Å². The zero-order chi connectivity index (χ0) is 13.5. The molecule has 0 fully saturated rings. The highest BCUT2D eigenvalue weighted by Crippen LogP contribution is 2.29. The van der Waals surface area contributed by atoms with E-state index >= 15 is 0 Å². The van der Waals surface area contributed by atoms with Crippen molar-refractivity contribution in [3.8, 4) is 0 Å². The van der Waals surface area contributed by atoms with Crippen molar-refractivity contribution < 1.29 is 13.2 Å². The minimum atomic E-state index is -3.82. The number of carbonyl (C=O) groups is 1. The molecule has 1 aromatic carbocycles. The second-order valence-corrected chi connectivity index (χ2v) is 5.94. The molecular weight excluding hydrogens is 264 g/mol. The Labute approximate surface area is 110 Å². The van der Waals surface area contributed by atoms with Gasteiger partial charge in [0.05, 0.1) is 12.1 Å². The van der Waals surface area contributed by atoms with Crippen LogP contribution in [0.1, 0.15) is 15.9 Å². The Morgan fingerprint density at radius 2 is 1.79 bits per heavy atom. The molecule has 3 rings (SSSR count). The third kappa shape index (κ3) is 1.80. The molecule has 6 heteroatoms. The number of pyridine rings is 1. The maximum atomic E-state index is 12.2. The van der Waals surface area contributed by atoms with Gasteiger partial charge in [0.1, 0.15) is 0 Å². The average Bonchev–Trinajstić information content (AvgIpc) is 2.62. The molecule has 96 valence electrons. The van der Waals surface area contributed by atoms with E-state index in [4.69, 9.17) is 0 Å². The molecule has 0 spiro atoms. The third-order valence-corrected chi connectivity index (χ3v) is 4.62. The third-order valence-electron chi connectivity index (χ3n) is 2.93. The molecule has 0 aliphatic carbocycles. The zero-order valence-electron chi connectivity index (χ0n) is 9.85. The number of amides is 1. The van der Waals surface area contributed by atoms with Gasteiger partial charge in [-0.2, -0.15) is 8.42 Å². The number of fused-ring (bicyclic) bond motifs is 1. The monoisotopic (exact) mass is 274 g/mol. The summed E-state index contributed by atoms with van der Waals surface area (Å²) in [6.45, 7) is 0.0262. The predicted molar refractivity (Wildman–Crippen MR) is 67.7 cm³/mol. The van der Waals surface area contributed by atoms with E-state index < -0.39 is 15.9 Å². The average molecular weight is 274 g/mol. The molecular formula is C13H10N2O3S. The maximum Gasteiger partial charge on any atom is 0.285 e. The van der Waals surface area contributed by atoms with E-state index in [1.807, 2.05) is 6.07 Å². The lowest BCUT2D eigenvalue weighted by atomic mass is 10.2. The molecule has 1 aliphatic heterocycles. The van der Waals surface area contributed by atoms with Gasteiger partial charge in [0.15, 0.2) is 5.03 Å². The summed E-state index contributed by atoms with van der Waals surface area (Å²) in [7, 11) is -3.82. The summed E-state index contributed by atoms with van der Waals surface area (Å²) in [4.78, 5) is 15.9. The second kappa shape index (κ2) is 4.17. The number of hydrogen-bond acceptors (Lipinski definition) is 4. The molecule has 0 atom stereocenters. The Balaban J connectivity index is 2.04. The summed E-state index contributed by atoms with van der Waals surface area (Å²) < 4.78 is 25.3. The Bertz CT molecular complexity index is 741. The molecule has 19 heavy (non-hydrogen) atoms. The summed E-state index contributed by atoms with van der Waals surface area (Å²) in [5.41, 5.74) is 0.894. The van der Waals surface area contributed by atoms with Crippen molar-refractivity contribution in [1.29, 1.82) is 0 Å². The summed E-state index contributed by atoms with van der Waals surface area (Å²) in [5, 5.41) is -0.157. The van der Waals surface area contributed by atoms with Crippen molar-refractivity contribution in [3.05, 3.63) is 59.8 Å². The molecule has 0 saturated heterocycles. The number of hydrogen-bond donors (Lipinski definition) is 0. The molecule has 0 unspecified atom stereocenters. The van der Waals surface area contributed by atoms with Crippen LogP contribution in [0.15, 0.2) is 53.7 Å². The van der Waals surface area contributed by atoms with E-state index in [1.165, 1.54) is 12.3 Å². The number of carbonyl (C=O) groups excluding carboxylic acids is 1. The molecule has 0 N–H and O–H groups in total. The van der Waals surface area contributed by atoms with Crippen LogP contribution in [0.2, 0.25) is 0 Å². The minimum absolute atomic E-state index is 0.0262. The number of aromatic nitrogens is 1. The van der Waals surface area contributed by atoms with Crippen molar-refractivity contribution in [2.45, 2.75) is 11.6 Å². The molecule has 5 nitrogen and oxygen atoms in total. The lowest BCUT2D eigenvalue weighted by Crippen LogP contribution is -2.29. The number of rotatable bonds is 2. The summed E-state index contributed by atoms with van der Waals surface area (Å²) in [6.07, 6.45) is 1.37. The first-order valence-electron chi connectivity index (χ1n) is 5.67. The Kier molecular flexibility index (Phi) is 2.60. The van der Waals surface area contributed by atoms with Gasteiger partial charge >= 0.3 is 0 Å². The van der Waals surface area contributed by atoms with Crippen LogP contribution in [0, 0.1) is 0 Å². The van der Waals surface area contributed by atoms with Crippen LogP contribution in [0.4, 0.5) is 0 Å². The highest BCUT2D eigenvalue weighted by atomic mass is 32.2. The first-order valence-corrected chi connectivity index (χ1v) is 7.11. The maximum absolute atomic E-state index is 12.2. The van der Waals surface area contributed by atoms with Crippen molar-refractivity contribution >= 4 is 15.9 Å². The van der Waals surface area contributed by atoms with Gasteiger partial charge in [0, 0.05) is 6.20 Å². The predicted octanol–water partition coefficient (Wildman–Crippen LogP) is 1.43. The second-order valence-electron chi connectivity index (χ2n) is 4.16. The van der Waals surface area contributed by atoms with Crippen molar-refractivity contribution in [2.75, 3.05) is 0 Å². The van der Waals surface area contributed by atoms with Gasteiger partial charge in [0.2, 0.25) is 0 Å². The van der Waals surface area contributed by atoms with Crippen LogP contribution in [0.5, 0.6) is 0 Å². The zero-order valence-corrected chi connectivity index (χ0v) is 10.7. The first kappa shape index (κ1) is 11.9. The molecule has 1 aromatic heterocycles. The number of sulfonamides is 1. The van der Waals surface area contributed by atoms with Crippen LogP contribution in [0.3, 0.4) is 0 Å². The lowest BCUT2D eigenvalue weighted by Gasteiger charge is -2.14. The van der Waals surface area contributed by atoms with Gasteiger partial charge in [0.25, 0.3) is 15.9 Å². The van der Waals surface area contributed by atoms with Crippen LogP contribution in [-0.4, -0.2) is 23.6 Å². The fourth-order valence-corrected chi connectivity index (χ4v) is 3.48. The van der Waals surface area contributed by atoms with Gasteiger partial charge in [-0.1, -0.05) is 30.3 Å². The summed E-state index contributed by atoms with van der Waals surface area (Å²) in [6, 6.07) is 12.0. The SMILES string of the molecule is O=C1c2cccnc2S(=O)(=O)N1Cc1ccccc1. The van der Waals surface area contributed by atoms with Crippen molar-refractivity contribution in [3.63, 3.8) is 0 Å². The molecule has 0 radical (unpaired) electrons. The lowest BCUT2D eigenvalue weighted by molar-refractivity contribution is 0.0865. The molecule has 2 aromatic rings. The molecule has 0 saturated carbocycles. The van der Waals surface area contributed by atoms with Crippen LogP contribution >= 0.6 is 0 Å². The van der Waals surface area contributed by atoms with Crippen molar-refractivity contribution in [1.82, 2.24) is 9.29 Å². The van der Waals surface area contributed by atoms with Crippen LogP contribution in [0.25, 0.3) is 0 Å². The molecule has 1 amide bonds. The smallest absolute Gasteiger partial charge is 0.268 e. The quantitative estimate of drug-likeness (QED) is 0.830. The van der Waals surface area contributed by atoms with Gasteiger partial charge in [-0.25, -0.2) is 9.29 Å². The molecule has 0 bridgehead atoms. The Hall–Kier alpha value is -2.21. The van der Waals surface area contributed by atoms with E-state index in [0.717, 1.165) is 9.87 Å². The Morgan fingerprint density at radius 3 is 2.47 bits per heavy atom. The van der Waals surface area contributed by atoms with Gasteiger partial charge < -0.3 is 0 Å².